The van der Waals surface area contributed by atoms with Crippen molar-refractivity contribution < 1.29 is 19.2 Å². The highest BCUT2D eigenvalue weighted by molar-refractivity contribution is 5.83. The molecule has 0 aromatic rings. The maximum absolute atomic E-state index is 13.3. The summed E-state index contributed by atoms with van der Waals surface area (Å²) in [6.45, 7) is 3.49. The molecule has 0 aromatic heterocycles. The van der Waals surface area contributed by atoms with E-state index < -0.39 is 12.1 Å². The summed E-state index contributed by atoms with van der Waals surface area (Å²) in [6.07, 6.45) is 16.0. The van der Waals surface area contributed by atoms with E-state index in [0.717, 1.165) is 70.8 Å². The Morgan fingerprint density at radius 2 is 1.68 bits per heavy atom. The third-order valence-corrected chi connectivity index (χ3v) is 7.00. The SMILES string of the molecule is CCCCCCCC(CCC(=O)C1OC2CCCCCCC1COCCCC2)[N+](=O)[O-]. The third kappa shape index (κ3) is 10.4. The summed E-state index contributed by atoms with van der Waals surface area (Å²) < 4.78 is 12.3. The van der Waals surface area contributed by atoms with E-state index in [2.05, 4.69) is 6.92 Å². The van der Waals surface area contributed by atoms with Crippen molar-refractivity contribution in [1.29, 1.82) is 0 Å². The second kappa shape index (κ2) is 15.7. The molecule has 0 spiro atoms. The molecule has 6 heteroatoms. The lowest BCUT2D eigenvalue weighted by atomic mass is 9.89. The van der Waals surface area contributed by atoms with Gasteiger partial charge in [-0.05, 0) is 38.5 Å². The number of hydrogen-bond acceptors (Lipinski definition) is 5. The Bertz CT molecular complexity index is 496. The normalized spacial score (nSPS) is 26.8. The molecule has 0 aliphatic carbocycles. The van der Waals surface area contributed by atoms with Crippen LogP contribution in [0.2, 0.25) is 0 Å². The lowest BCUT2D eigenvalue weighted by Crippen LogP contribution is -2.40. The largest absolute Gasteiger partial charge is 0.381 e. The summed E-state index contributed by atoms with van der Waals surface area (Å²) >= 11 is 0. The third-order valence-electron chi connectivity index (χ3n) is 7.00. The topological polar surface area (TPSA) is 78.7 Å². The number of fused-ring (bicyclic) bond motifs is 3. The van der Waals surface area contributed by atoms with Crippen LogP contribution >= 0.6 is 0 Å². The van der Waals surface area contributed by atoms with Crippen LogP contribution in [0.1, 0.15) is 116 Å². The molecule has 2 fully saturated rings. The summed E-state index contributed by atoms with van der Waals surface area (Å²) in [6, 6.07) is -0.616. The molecule has 31 heavy (non-hydrogen) atoms. The summed E-state index contributed by atoms with van der Waals surface area (Å²) in [5, 5.41) is 11.5. The van der Waals surface area contributed by atoms with Gasteiger partial charge in [-0.25, -0.2) is 0 Å². The molecular weight excluding hydrogens is 394 g/mol. The van der Waals surface area contributed by atoms with E-state index in [9.17, 15) is 14.9 Å². The zero-order chi connectivity index (χ0) is 22.3. The van der Waals surface area contributed by atoms with Gasteiger partial charge in [0.2, 0.25) is 6.04 Å². The molecule has 2 aliphatic heterocycles. The number of nitro groups is 1. The van der Waals surface area contributed by atoms with Crippen LogP contribution in [0.4, 0.5) is 0 Å². The number of hydrogen-bond donors (Lipinski definition) is 0. The van der Waals surface area contributed by atoms with E-state index >= 15 is 0 Å². The van der Waals surface area contributed by atoms with Crippen LogP contribution in [0.15, 0.2) is 0 Å². The minimum atomic E-state index is -0.616. The first-order chi connectivity index (χ1) is 15.1. The van der Waals surface area contributed by atoms with Crippen molar-refractivity contribution in [3.8, 4) is 0 Å². The molecule has 180 valence electrons. The molecule has 2 saturated heterocycles. The van der Waals surface area contributed by atoms with Crippen molar-refractivity contribution in [2.45, 2.75) is 134 Å². The van der Waals surface area contributed by atoms with Crippen LogP contribution in [-0.2, 0) is 14.3 Å². The highest BCUT2D eigenvalue weighted by Crippen LogP contribution is 2.28. The van der Waals surface area contributed by atoms with Gasteiger partial charge in [-0.1, -0.05) is 58.3 Å². The van der Waals surface area contributed by atoms with Crippen LogP contribution in [0, 0.1) is 16.0 Å². The Hall–Kier alpha value is -1.01. The first-order valence-electron chi connectivity index (χ1n) is 13.0. The van der Waals surface area contributed by atoms with Gasteiger partial charge in [-0.2, -0.15) is 0 Å². The van der Waals surface area contributed by atoms with Crippen molar-refractivity contribution in [2.24, 2.45) is 5.92 Å². The highest BCUT2D eigenvalue weighted by atomic mass is 16.6. The predicted octanol–water partition coefficient (Wildman–Crippen LogP) is 6.27. The van der Waals surface area contributed by atoms with E-state index in [-0.39, 0.29) is 29.1 Å². The Morgan fingerprint density at radius 3 is 2.42 bits per heavy atom. The fourth-order valence-corrected chi connectivity index (χ4v) is 4.99. The van der Waals surface area contributed by atoms with Crippen LogP contribution in [0.3, 0.4) is 0 Å². The quantitative estimate of drug-likeness (QED) is 0.215. The van der Waals surface area contributed by atoms with E-state index in [1.54, 1.807) is 0 Å². The van der Waals surface area contributed by atoms with Gasteiger partial charge in [-0.3, -0.25) is 14.9 Å². The number of unbranched alkanes of at least 4 members (excludes halogenated alkanes) is 4. The molecule has 0 saturated carbocycles. The molecule has 0 radical (unpaired) electrons. The molecule has 0 amide bonds. The fourth-order valence-electron chi connectivity index (χ4n) is 4.99. The second-order valence-electron chi connectivity index (χ2n) is 9.65. The zero-order valence-corrected chi connectivity index (χ0v) is 19.7. The molecule has 2 aliphatic rings. The molecular formula is C25H45NO5. The van der Waals surface area contributed by atoms with Crippen molar-refractivity contribution >= 4 is 5.78 Å². The van der Waals surface area contributed by atoms with Gasteiger partial charge in [0.25, 0.3) is 0 Å². The molecule has 4 unspecified atom stereocenters. The molecule has 2 rings (SSSR count). The van der Waals surface area contributed by atoms with Crippen LogP contribution in [-0.4, -0.2) is 42.2 Å². The fraction of sp³-hybridized carbons (Fsp3) is 0.960. The standard InChI is InChI=1S/C25H45NO5/c1-2-3-4-5-9-14-22(26(28)29)17-18-24(27)25-21-13-8-6-7-10-15-23(31-25)16-11-12-19-30-20-21/h21-23,25H,2-20H2,1H3. The smallest absolute Gasteiger partial charge is 0.213 e. The average Bonchev–Trinajstić information content (AvgIpc) is 2.76. The van der Waals surface area contributed by atoms with Gasteiger partial charge in [0.15, 0.2) is 5.78 Å². The lowest BCUT2D eigenvalue weighted by molar-refractivity contribution is -0.524. The Kier molecular flexibility index (Phi) is 13.3. The number of carbonyl (C=O) groups excluding carboxylic acids is 1. The number of carbonyl (C=O) groups is 1. The summed E-state index contributed by atoms with van der Waals surface area (Å²) in [7, 11) is 0. The molecule has 2 heterocycles. The minimum absolute atomic E-state index is 0.0533. The minimum Gasteiger partial charge on any atom is -0.381 e. The zero-order valence-electron chi connectivity index (χ0n) is 19.7. The first kappa shape index (κ1) is 26.2. The van der Waals surface area contributed by atoms with Gasteiger partial charge < -0.3 is 9.47 Å². The van der Waals surface area contributed by atoms with Crippen molar-refractivity contribution in [3.63, 3.8) is 0 Å². The molecule has 0 N–H and O–H groups in total. The summed E-state index contributed by atoms with van der Waals surface area (Å²) in [5.41, 5.74) is 0. The van der Waals surface area contributed by atoms with E-state index in [0.29, 0.717) is 19.4 Å². The van der Waals surface area contributed by atoms with Crippen LogP contribution in [0.25, 0.3) is 0 Å². The van der Waals surface area contributed by atoms with Gasteiger partial charge in [0.1, 0.15) is 6.10 Å². The number of nitrogens with zero attached hydrogens (tertiary/aromatic N) is 1. The van der Waals surface area contributed by atoms with Crippen molar-refractivity contribution in [3.05, 3.63) is 10.1 Å². The monoisotopic (exact) mass is 439 g/mol. The Labute approximate surface area is 189 Å². The number of Topliss-reactive ketones (excluding diaryl/α,β-unsaturated/α-hetero) is 1. The number of rotatable bonds is 11. The molecule has 2 bridgehead atoms. The van der Waals surface area contributed by atoms with E-state index in [1.165, 1.54) is 25.7 Å². The first-order valence-corrected chi connectivity index (χ1v) is 13.0. The predicted molar refractivity (Wildman–Crippen MR) is 123 cm³/mol. The van der Waals surface area contributed by atoms with Crippen molar-refractivity contribution in [1.82, 2.24) is 0 Å². The molecule has 6 nitrogen and oxygen atoms in total. The number of ketones is 1. The van der Waals surface area contributed by atoms with Crippen LogP contribution in [0.5, 0.6) is 0 Å². The second-order valence-corrected chi connectivity index (χ2v) is 9.65. The Morgan fingerprint density at radius 1 is 0.968 bits per heavy atom. The van der Waals surface area contributed by atoms with E-state index in [4.69, 9.17) is 9.47 Å². The molecule has 4 atom stereocenters. The highest BCUT2D eigenvalue weighted by Gasteiger charge is 2.33. The Balaban J connectivity index is 1.96. The van der Waals surface area contributed by atoms with Gasteiger partial charge in [0, 0.05) is 36.7 Å². The summed E-state index contributed by atoms with van der Waals surface area (Å²) in [5.74, 6) is 0.131. The van der Waals surface area contributed by atoms with Gasteiger partial charge in [0.05, 0.1) is 12.7 Å². The maximum atomic E-state index is 13.3. The lowest BCUT2D eigenvalue weighted by Gasteiger charge is -2.32. The average molecular weight is 440 g/mol. The maximum Gasteiger partial charge on any atom is 0.213 e. The number of ether oxygens (including phenoxy) is 2. The van der Waals surface area contributed by atoms with Gasteiger partial charge >= 0.3 is 0 Å². The van der Waals surface area contributed by atoms with Crippen molar-refractivity contribution in [2.75, 3.05) is 13.2 Å². The van der Waals surface area contributed by atoms with Gasteiger partial charge in [-0.15, -0.1) is 0 Å². The van der Waals surface area contributed by atoms with E-state index in [1.807, 2.05) is 0 Å². The molecule has 0 aromatic carbocycles. The summed E-state index contributed by atoms with van der Waals surface area (Å²) in [4.78, 5) is 24.6. The van der Waals surface area contributed by atoms with Crippen LogP contribution < -0.4 is 0 Å².